The average molecular weight is 251 g/mol. The fourth-order valence-electron chi connectivity index (χ4n) is 0.402. The fourth-order valence-corrected chi connectivity index (χ4v) is 1.88. The van der Waals surface area contributed by atoms with Crippen LogP contribution in [0.1, 0.15) is 13.8 Å². The van der Waals surface area contributed by atoms with Crippen molar-refractivity contribution in [1.29, 1.82) is 0 Å². The van der Waals surface area contributed by atoms with Crippen LogP contribution in [0.5, 0.6) is 0 Å². The zero-order valence-electron chi connectivity index (χ0n) is 6.96. The van der Waals surface area contributed by atoms with Gasteiger partial charge in [-0.15, -0.1) is 0 Å². The Hall–Kier alpha value is -0.0100. The van der Waals surface area contributed by atoms with Crippen molar-refractivity contribution < 1.29 is 0 Å². The number of hydrogen-bond donors (Lipinski definition) is 1. The molecule has 58 valence electrons. The Morgan fingerprint density at radius 1 is 1.60 bits per heavy atom. The van der Waals surface area contributed by atoms with Crippen LogP contribution in [0.3, 0.4) is 0 Å². The second-order valence-electron chi connectivity index (χ2n) is 1.79. The summed E-state index contributed by atoms with van der Waals surface area (Å²) in [4.78, 5) is 2.27. The van der Waals surface area contributed by atoms with E-state index in [4.69, 9.17) is 0 Å². The molecule has 0 saturated carbocycles. The van der Waals surface area contributed by atoms with E-state index in [0.29, 0.717) is 0 Å². The Kier molecular flexibility index (Phi) is 5.74. The maximum absolute atomic E-state index is 3.29. The fraction of sp³-hybridized carbons (Fsp3) is 0.500. The summed E-state index contributed by atoms with van der Waals surface area (Å²) in [7, 11) is 2.02. The van der Waals surface area contributed by atoms with Gasteiger partial charge >= 0.3 is 70.9 Å². The molecule has 0 radical (unpaired) electrons. The van der Waals surface area contributed by atoms with E-state index in [1.807, 2.05) is 20.0 Å². The first-order valence-corrected chi connectivity index (χ1v) is 7.40. The molecule has 0 saturated heterocycles. The van der Waals surface area contributed by atoms with Gasteiger partial charge in [0.2, 0.25) is 0 Å². The number of halogens is 1. The van der Waals surface area contributed by atoms with Gasteiger partial charge in [0.25, 0.3) is 0 Å². The number of allylic oxidation sites excluding steroid dienone is 2. The van der Waals surface area contributed by atoms with Crippen LogP contribution in [-0.2, 0) is 0 Å². The number of hydrogen-bond acceptors (Lipinski definition) is 1. The summed E-state index contributed by atoms with van der Waals surface area (Å²) in [6.07, 6.45) is 2.02. The van der Waals surface area contributed by atoms with Gasteiger partial charge < -0.3 is 0 Å². The molecule has 0 aliphatic rings. The molecule has 0 aromatic rings. The van der Waals surface area contributed by atoms with Crippen LogP contribution >= 0.6 is 20.1 Å². The van der Waals surface area contributed by atoms with Crippen LogP contribution in [0.15, 0.2) is 9.66 Å². The quantitative estimate of drug-likeness (QED) is 0.343. The summed E-state index contributed by atoms with van der Waals surface area (Å²) in [5, 5.41) is 0. The Morgan fingerprint density at radius 3 is 2.60 bits per heavy atom. The number of rotatable bonds is 2. The van der Waals surface area contributed by atoms with E-state index in [1.54, 1.807) is 0 Å². The van der Waals surface area contributed by atoms with Crippen molar-refractivity contribution >= 4 is 20.1 Å². The average Bonchev–Trinajstić information content (AvgIpc) is 1.98. The third-order valence-corrected chi connectivity index (χ3v) is 5.63. The first kappa shape index (κ1) is 9.99. The molecule has 0 aromatic carbocycles. The van der Waals surface area contributed by atoms with Crippen molar-refractivity contribution in [1.82, 2.24) is 3.53 Å². The molecule has 0 fully saturated rings. The van der Waals surface area contributed by atoms with E-state index in [0.717, 1.165) is 0 Å². The van der Waals surface area contributed by atoms with Crippen molar-refractivity contribution in [3.8, 4) is 11.8 Å². The van der Waals surface area contributed by atoms with Crippen molar-refractivity contribution in [2.45, 2.75) is 13.8 Å². The molecule has 0 heterocycles. The summed E-state index contributed by atoms with van der Waals surface area (Å²) >= 11 is -0.956. The van der Waals surface area contributed by atoms with Gasteiger partial charge in [0, 0.05) is 0 Å². The van der Waals surface area contributed by atoms with Crippen LogP contribution in [0.2, 0.25) is 0 Å². The van der Waals surface area contributed by atoms with Gasteiger partial charge in [-0.2, -0.15) is 0 Å². The molecule has 0 bridgehead atoms. The Morgan fingerprint density at radius 2 is 2.20 bits per heavy atom. The van der Waals surface area contributed by atoms with E-state index in [1.165, 1.54) is 3.58 Å². The van der Waals surface area contributed by atoms with Gasteiger partial charge in [-0.25, -0.2) is 0 Å². The van der Waals surface area contributed by atoms with Crippen molar-refractivity contribution in [2.24, 2.45) is 0 Å². The monoisotopic (exact) mass is 251 g/mol. The Bertz CT molecular complexity index is 173. The first-order chi connectivity index (χ1) is 4.72. The first-order valence-electron chi connectivity index (χ1n) is 3.08. The SMILES string of the molecule is CC#C/C=C(\C)I(C)NC. The van der Waals surface area contributed by atoms with E-state index >= 15 is 0 Å². The molecule has 2 heteroatoms. The standard InChI is InChI=1S/C8H14IN/c1-5-6-7-8(2)9(3)10-4/h7,10H,1-4H3/b8-7+. The molecule has 0 unspecified atom stereocenters. The van der Waals surface area contributed by atoms with Gasteiger partial charge in [-0.3, -0.25) is 0 Å². The van der Waals surface area contributed by atoms with Crippen molar-refractivity contribution in [2.75, 3.05) is 12.0 Å². The summed E-state index contributed by atoms with van der Waals surface area (Å²) in [5.41, 5.74) is 0. The molecular formula is C8H14IN. The third kappa shape index (κ3) is 3.91. The third-order valence-electron chi connectivity index (χ3n) is 1.15. The minimum absolute atomic E-state index is 0.956. The second-order valence-corrected chi connectivity index (χ2v) is 7.26. The van der Waals surface area contributed by atoms with E-state index in [-0.39, 0.29) is 0 Å². The summed E-state index contributed by atoms with van der Waals surface area (Å²) in [5.74, 6) is 5.80. The molecule has 0 amide bonds. The van der Waals surface area contributed by atoms with Crippen molar-refractivity contribution in [3.05, 3.63) is 9.66 Å². The number of nitrogens with one attached hydrogen (secondary N) is 1. The van der Waals surface area contributed by atoms with E-state index < -0.39 is 20.1 Å². The van der Waals surface area contributed by atoms with Crippen LogP contribution in [-0.4, -0.2) is 12.0 Å². The predicted octanol–water partition coefficient (Wildman–Crippen LogP) is 2.18. The molecule has 0 atom stereocenters. The molecule has 0 aliphatic carbocycles. The van der Waals surface area contributed by atoms with Gasteiger partial charge in [0.1, 0.15) is 0 Å². The normalized spacial score (nSPS) is 12.0. The molecule has 0 aliphatic heterocycles. The zero-order valence-corrected chi connectivity index (χ0v) is 9.11. The topological polar surface area (TPSA) is 12.0 Å². The van der Waals surface area contributed by atoms with Gasteiger partial charge in [0.05, 0.1) is 0 Å². The molecule has 0 aromatic heterocycles. The molecule has 1 N–H and O–H groups in total. The molecule has 0 rings (SSSR count). The van der Waals surface area contributed by atoms with E-state index in [9.17, 15) is 0 Å². The Balaban J connectivity index is 4.00. The predicted molar refractivity (Wildman–Crippen MR) is 56.2 cm³/mol. The van der Waals surface area contributed by atoms with Crippen LogP contribution < -0.4 is 3.53 Å². The second kappa shape index (κ2) is 5.75. The molecular weight excluding hydrogens is 237 g/mol. The Labute approximate surface area is 71.0 Å². The zero-order chi connectivity index (χ0) is 7.98. The summed E-state index contributed by atoms with van der Waals surface area (Å²) in [6.45, 7) is 4.00. The van der Waals surface area contributed by atoms with Gasteiger partial charge in [-0.05, 0) is 0 Å². The van der Waals surface area contributed by atoms with Gasteiger partial charge in [-0.1, -0.05) is 0 Å². The van der Waals surface area contributed by atoms with Crippen LogP contribution in [0, 0.1) is 11.8 Å². The summed E-state index contributed by atoms with van der Waals surface area (Å²) < 4.78 is 4.73. The maximum atomic E-state index is 3.29. The van der Waals surface area contributed by atoms with Crippen LogP contribution in [0.25, 0.3) is 0 Å². The molecule has 1 nitrogen and oxygen atoms in total. The van der Waals surface area contributed by atoms with Crippen molar-refractivity contribution in [3.63, 3.8) is 0 Å². The van der Waals surface area contributed by atoms with E-state index in [2.05, 4.69) is 27.2 Å². The molecule has 0 spiro atoms. The number of alkyl halides is 1. The molecule has 10 heavy (non-hydrogen) atoms. The minimum atomic E-state index is -0.956. The van der Waals surface area contributed by atoms with Gasteiger partial charge in [0.15, 0.2) is 0 Å². The summed E-state index contributed by atoms with van der Waals surface area (Å²) in [6, 6.07) is 0. The van der Waals surface area contributed by atoms with Crippen LogP contribution in [0.4, 0.5) is 0 Å².